The largest absolute Gasteiger partial charge is 0.355 e. The van der Waals surface area contributed by atoms with Gasteiger partial charge in [0.15, 0.2) is 11.0 Å². The van der Waals surface area contributed by atoms with Gasteiger partial charge in [-0.05, 0) is 25.0 Å². The first-order valence-electron chi connectivity index (χ1n) is 8.99. The average Bonchev–Trinajstić information content (AvgIpc) is 3.03. The van der Waals surface area contributed by atoms with Crippen LogP contribution in [-0.2, 0) is 11.3 Å². The molecule has 0 aromatic carbocycles. The molecule has 0 aliphatic rings. The molecule has 0 radical (unpaired) electrons. The predicted molar refractivity (Wildman–Crippen MR) is 101 cm³/mol. The lowest BCUT2D eigenvalue weighted by Crippen LogP contribution is -2.26. The second-order valence-electron chi connectivity index (χ2n) is 5.89. The summed E-state index contributed by atoms with van der Waals surface area (Å²) in [5.41, 5.74) is 0.989. The van der Waals surface area contributed by atoms with Crippen LogP contribution in [0.15, 0.2) is 29.7 Å². The smallest absolute Gasteiger partial charge is 0.230 e. The molecule has 25 heavy (non-hydrogen) atoms. The first-order valence-corrected chi connectivity index (χ1v) is 9.97. The van der Waals surface area contributed by atoms with Crippen LogP contribution in [0.5, 0.6) is 0 Å². The maximum absolute atomic E-state index is 12.0. The number of carbonyl (C=O) groups excluding carboxylic acids is 1. The zero-order valence-electron chi connectivity index (χ0n) is 15.1. The van der Waals surface area contributed by atoms with Crippen LogP contribution in [-0.4, -0.2) is 38.0 Å². The summed E-state index contributed by atoms with van der Waals surface area (Å²) in [7, 11) is 0. The molecule has 0 unspecified atom stereocenters. The van der Waals surface area contributed by atoms with E-state index >= 15 is 0 Å². The first kappa shape index (κ1) is 19.4. The zero-order chi connectivity index (χ0) is 17.9. The number of amides is 1. The van der Waals surface area contributed by atoms with Crippen molar-refractivity contribution in [3.8, 4) is 11.4 Å². The number of hydrogen-bond donors (Lipinski definition) is 1. The summed E-state index contributed by atoms with van der Waals surface area (Å²) < 4.78 is 2.08. The number of nitrogens with zero attached hydrogens (tertiary/aromatic N) is 4. The molecule has 2 rings (SSSR count). The number of hydrogen-bond acceptors (Lipinski definition) is 5. The summed E-state index contributed by atoms with van der Waals surface area (Å²) in [5, 5.41) is 12.4. The van der Waals surface area contributed by atoms with E-state index in [0.29, 0.717) is 5.75 Å². The minimum absolute atomic E-state index is 0.0537. The Kier molecular flexibility index (Phi) is 8.45. The molecule has 136 valence electrons. The Hall–Kier alpha value is -1.89. The van der Waals surface area contributed by atoms with E-state index in [1.165, 1.54) is 31.0 Å². The number of rotatable bonds is 11. The third-order valence-electron chi connectivity index (χ3n) is 3.79. The fraction of sp³-hybridized carbons (Fsp3) is 0.556. The Bertz CT molecular complexity index is 644. The van der Waals surface area contributed by atoms with Crippen LogP contribution in [0, 0.1) is 0 Å². The first-order chi connectivity index (χ1) is 12.3. The van der Waals surface area contributed by atoms with Gasteiger partial charge in [0.05, 0.1) is 5.75 Å². The highest BCUT2D eigenvalue weighted by atomic mass is 32.2. The van der Waals surface area contributed by atoms with E-state index in [1.807, 2.05) is 12.1 Å². The Morgan fingerprint density at radius 3 is 2.64 bits per heavy atom. The van der Waals surface area contributed by atoms with Crippen molar-refractivity contribution in [1.82, 2.24) is 25.1 Å². The van der Waals surface area contributed by atoms with Gasteiger partial charge in [-0.3, -0.25) is 9.78 Å². The van der Waals surface area contributed by atoms with E-state index in [1.54, 1.807) is 12.4 Å². The van der Waals surface area contributed by atoms with Crippen molar-refractivity contribution in [3.05, 3.63) is 24.5 Å². The molecule has 0 atom stereocenters. The van der Waals surface area contributed by atoms with Gasteiger partial charge in [0.2, 0.25) is 5.91 Å². The van der Waals surface area contributed by atoms with Gasteiger partial charge in [0, 0.05) is 31.0 Å². The van der Waals surface area contributed by atoms with E-state index in [-0.39, 0.29) is 5.91 Å². The van der Waals surface area contributed by atoms with Gasteiger partial charge in [-0.1, -0.05) is 44.9 Å². The molecule has 0 saturated carbocycles. The van der Waals surface area contributed by atoms with Crippen LogP contribution in [0.4, 0.5) is 0 Å². The van der Waals surface area contributed by atoms with Crippen molar-refractivity contribution in [2.24, 2.45) is 0 Å². The molecule has 0 fully saturated rings. The number of thioether (sulfide) groups is 1. The van der Waals surface area contributed by atoms with Crippen molar-refractivity contribution in [2.45, 2.75) is 57.7 Å². The second-order valence-corrected chi connectivity index (χ2v) is 6.84. The van der Waals surface area contributed by atoms with E-state index in [9.17, 15) is 4.79 Å². The SMILES string of the molecule is CCCCCCNC(=O)CSc1nnc(-c2ccncc2)n1CCC. The van der Waals surface area contributed by atoms with Crippen LogP contribution in [0.25, 0.3) is 11.4 Å². The van der Waals surface area contributed by atoms with Crippen LogP contribution in [0.3, 0.4) is 0 Å². The summed E-state index contributed by atoms with van der Waals surface area (Å²) in [6.45, 7) is 5.88. The molecule has 2 aromatic heterocycles. The fourth-order valence-corrected chi connectivity index (χ4v) is 3.29. The minimum atomic E-state index is 0.0537. The molecular weight excluding hydrogens is 334 g/mol. The molecule has 1 amide bonds. The minimum Gasteiger partial charge on any atom is -0.355 e. The van der Waals surface area contributed by atoms with Gasteiger partial charge in [0.25, 0.3) is 0 Å². The Morgan fingerprint density at radius 1 is 1.12 bits per heavy atom. The summed E-state index contributed by atoms with van der Waals surface area (Å²) in [4.78, 5) is 16.0. The van der Waals surface area contributed by atoms with Crippen LogP contribution < -0.4 is 5.32 Å². The molecule has 7 heteroatoms. The summed E-state index contributed by atoms with van der Waals surface area (Å²) in [6, 6.07) is 3.85. The maximum atomic E-state index is 12.0. The third kappa shape index (κ3) is 6.16. The number of nitrogens with one attached hydrogen (secondary N) is 1. The summed E-state index contributed by atoms with van der Waals surface area (Å²) in [5.74, 6) is 1.25. The van der Waals surface area contributed by atoms with E-state index in [4.69, 9.17) is 0 Å². The van der Waals surface area contributed by atoms with Gasteiger partial charge in [-0.15, -0.1) is 10.2 Å². The van der Waals surface area contributed by atoms with Crippen LogP contribution in [0.1, 0.15) is 46.0 Å². The zero-order valence-corrected chi connectivity index (χ0v) is 15.9. The molecule has 0 saturated heterocycles. The molecule has 0 spiro atoms. The van der Waals surface area contributed by atoms with Crippen molar-refractivity contribution in [2.75, 3.05) is 12.3 Å². The van der Waals surface area contributed by atoms with E-state index < -0.39 is 0 Å². The molecule has 2 heterocycles. The van der Waals surface area contributed by atoms with Gasteiger partial charge < -0.3 is 9.88 Å². The predicted octanol–water partition coefficient (Wildman–Crippen LogP) is 3.54. The van der Waals surface area contributed by atoms with Gasteiger partial charge in [0.1, 0.15) is 0 Å². The fourth-order valence-electron chi connectivity index (χ4n) is 2.50. The lowest BCUT2D eigenvalue weighted by molar-refractivity contribution is -0.118. The highest BCUT2D eigenvalue weighted by Gasteiger charge is 2.14. The summed E-state index contributed by atoms with van der Waals surface area (Å²) >= 11 is 1.44. The topological polar surface area (TPSA) is 72.7 Å². The molecule has 1 N–H and O–H groups in total. The quantitative estimate of drug-likeness (QED) is 0.489. The highest BCUT2D eigenvalue weighted by molar-refractivity contribution is 7.99. The molecular formula is C18H27N5OS. The third-order valence-corrected chi connectivity index (χ3v) is 4.75. The lowest BCUT2D eigenvalue weighted by atomic mass is 10.2. The van der Waals surface area contributed by atoms with Gasteiger partial charge >= 0.3 is 0 Å². The normalized spacial score (nSPS) is 10.8. The Labute approximate surface area is 153 Å². The lowest BCUT2D eigenvalue weighted by Gasteiger charge is -2.09. The average molecular weight is 362 g/mol. The number of pyridine rings is 1. The van der Waals surface area contributed by atoms with E-state index in [2.05, 4.69) is 38.9 Å². The maximum Gasteiger partial charge on any atom is 0.230 e. The van der Waals surface area contributed by atoms with E-state index in [0.717, 1.165) is 42.5 Å². The van der Waals surface area contributed by atoms with Gasteiger partial charge in [-0.2, -0.15) is 0 Å². The monoisotopic (exact) mass is 361 g/mol. The molecule has 2 aromatic rings. The number of carbonyl (C=O) groups is 1. The van der Waals surface area contributed by atoms with Crippen molar-refractivity contribution in [3.63, 3.8) is 0 Å². The molecule has 0 aliphatic heterocycles. The van der Waals surface area contributed by atoms with Crippen molar-refractivity contribution < 1.29 is 4.79 Å². The second kappa shape index (κ2) is 10.9. The number of unbranched alkanes of at least 4 members (excludes halogenated alkanes) is 3. The highest BCUT2D eigenvalue weighted by Crippen LogP contribution is 2.23. The standard InChI is InChI=1S/C18H27N5OS/c1-3-5-6-7-10-20-16(24)14-25-18-22-21-17(23(18)13-4-2)15-8-11-19-12-9-15/h8-9,11-12H,3-7,10,13-14H2,1-2H3,(H,20,24). The molecule has 0 aliphatic carbocycles. The van der Waals surface area contributed by atoms with Gasteiger partial charge in [-0.25, -0.2) is 0 Å². The van der Waals surface area contributed by atoms with Crippen molar-refractivity contribution >= 4 is 17.7 Å². The molecule has 0 bridgehead atoms. The number of aromatic nitrogens is 4. The summed E-state index contributed by atoms with van der Waals surface area (Å²) in [6.07, 6.45) is 9.12. The van der Waals surface area contributed by atoms with Crippen molar-refractivity contribution in [1.29, 1.82) is 0 Å². The Balaban J connectivity index is 1.91. The van der Waals surface area contributed by atoms with Crippen LogP contribution in [0.2, 0.25) is 0 Å². The Morgan fingerprint density at radius 2 is 1.92 bits per heavy atom. The van der Waals surface area contributed by atoms with Crippen LogP contribution >= 0.6 is 11.8 Å². The molecule has 6 nitrogen and oxygen atoms in total.